The number of carboxylic acids is 1. The second-order valence-corrected chi connectivity index (χ2v) is 14.4. The van der Waals surface area contributed by atoms with Crippen molar-refractivity contribution in [3.05, 3.63) is 23.3 Å². The van der Waals surface area contributed by atoms with Crippen molar-refractivity contribution in [1.29, 1.82) is 5.26 Å². The molecule has 3 saturated carbocycles. The van der Waals surface area contributed by atoms with Crippen LogP contribution in [0.5, 0.6) is 0 Å². The van der Waals surface area contributed by atoms with Crippen molar-refractivity contribution in [3.8, 4) is 6.07 Å². The summed E-state index contributed by atoms with van der Waals surface area (Å²) in [6.07, 6.45) is 10.9. The third kappa shape index (κ3) is 3.50. The van der Waals surface area contributed by atoms with Crippen LogP contribution < -0.4 is 0 Å². The van der Waals surface area contributed by atoms with Crippen LogP contribution in [0.15, 0.2) is 23.3 Å². The van der Waals surface area contributed by atoms with Crippen LogP contribution in [0.2, 0.25) is 0 Å². The van der Waals surface area contributed by atoms with Crippen LogP contribution in [0.4, 0.5) is 0 Å². The van der Waals surface area contributed by atoms with Gasteiger partial charge in [-0.15, -0.1) is 0 Å². The number of carbonyl (C=O) groups is 3. The molecule has 0 amide bonds. The number of Topliss-reactive ketones (excluding diaryl/α,β-unsaturated/α-hetero) is 1. The van der Waals surface area contributed by atoms with Crippen LogP contribution in [-0.4, -0.2) is 23.1 Å². The summed E-state index contributed by atoms with van der Waals surface area (Å²) in [5, 5.41) is 20.2. The Hall–Kier alpha value is -2.22. The SMILES string of the molecule is CC1(C)CC[C@]2(C(=O)O)CC[C@@](C)([C@]3(C)CC[C@H]4C(C)(C)C(=O)C(C#N)=C[C@]4(C)/C3=C/C=O)C[C@@H]2C1. The van der Waals surface area contributed by atoms with E-state index in [2.05, 4.69) is 40.7 Å². The lowest BCUT2D eigenvalue weighted by molar-refractivity contribution is -0.170. The number of rotatable bonds is 3. The van der Waals surface area contributed by atoms with Gasteiger partial charge in [0.1, 0.15) is 12.4 Å². The molecule has 4 aliphatic carbocycles. The second-order valence-electron chi connectivity index (χ2n) is 14.4. The molecule has 4 aliphatic rings. The number of carbonyl (C=O) groups excluding carboxylic acids is 2. The highest BCUT2D eigenvalue weighted by molar-refractivity contribution is 6.04. The average Bonchev–Trinajstić information content (AvgIpc) is 2.78. The minimum atomic E-state index is -0.697. The number of hydrogen-bond acceptors (Lipinski definition) is 4. The van der Waals surface area contributed by atoms with E-state index in [1.54, 1.807) is 6.08 Å². The van der Waals surface area contributed by atoms with Crippen LogP contribution in [0.3, 0.4) is 0 Å². The molecule has 0 heterocycles. The van der Waals surface area contributed by atoms with E-state index < -0.39 is 22.2 Å². The lowest BCUT2D eigenvalue weighted by atomic mass is 9.39. The topological polar surface area (TPSA) is 95.2 Å². The highest BCUT2D eigenvalue weighted by atomic mass is 16.4. The van der Waals surface area contributed by atoms with Crippen molar-refractivity contribution < 1.29 is 19.5 Å². The standard InChI is InChI=1S/C31H43NO4/c1-26(2)11-13-31(25(35)36)14-12-28(5,18-21(31)17-26)30(7)10-8-22-27(3,4)24(34)20(19-32)16-29(22,6)23(30)9-15-33/h9,15-16,21-22H,8,10-14,17-18H2,1-7H3,(H,35,36)/b23-9-/t21-,22-,28+,29-,30+,31-/m0/s1. The fourth-order valence-corrected chi connectivity index (χ4v) is 9.31. The maximum atomic E-state index is 13.1. The van der Waals surface area contributed by atoms with Gasteiger partial charge in [0.15, 0.2) is 5.78 Å². The molecule has 0 radical (unpaired) electrons. The smallest absolute Gasteiger partial charge is 0.309 e. The van der Waals surface area contributed by atoms with Gasteiger partial charge in [-0.05, 0) is 85.5 Å². The number of aliphatic carboxylic acids is 1. The van der Waals surface area contributed by atoms with Gasteiger partial charge >= 0.3 is 5.97 Å². The maximum absolute atomic E-state index is 13.1. The summed E-state index contributed by atoms with van der Waals surface area (Å²) < 4.78 is 0. The minimum absolute atomic E-state index is 0.00668. The monoisotopic (exact) mass is 493 g/mol. The number of nitriles is 1. The highest BCUT2D eigenvalue weighted by Gasteiger charge is 2.65. The summed E-state index contributed by atoms with van der Waals surface area (Å²) in [6, 6.07) is 2.14. The Kier molecular flexibility index (Phi) is 6.07. The number of allylic oxidation sites excluding steroid dienone is 4. The molecule has 0 aromatic carbocycles. The van der Waals surface area contributed by atoms with E-state index >= 15 is 0 Å². The van der Waals surface area contributed by atoms with Crippen molar-refractivity contribution >= 4 is 18.0 Å². The molecular formula is C31H43NO4. The van der Waals surface area contributed by atoms with Crippen molar-refractivity contribution in [2.24, 2.45) is 44.3 Å². The van der Waals surface area contributed by atoms with Gasteiger partial charge in [-0.3, -0.25) is 14.4 Å². The zero-order chi connectivity index (χ0) is 26.9. The van der Waals surface area contributed by atoms with E-state index in [4.69, 9.17) is 0 Å². The molecule has 0 spiro atoms. The Morgan fingerprint density at radius 2 is 1.67 bits per heavy atom. The van der Waals surface area contributed by atoms with Crippen molar-refractivity contribution in [3.63, 3.8) is 0 Å². The number of fused-ring (bicyclic) bond motifs is 2. The molecule has 0 unspecified atom stereocenters. The average molecular weight is 494 g/mol. The number of aldehydes is 1. The van der Waals surface area contributed by atoms with Crippen LogP contribution >= 0.6 is 0 Å². The van der Waals surface area contributed by atoms with Gasteiger partial charge in [-0.1, -0.05) is 60.1 Å². The molecule has 0 aliphatic heterocycles. The first-order valence-electron chi connectivity index (χ1n) is 13.6. The molecule has 36 heavy (non-hydrogen) atoms. The Morgan fingerprint density at radius 1 is 1.03 bits per heavy atom. The quantitative estimate of drug-likeness (QED) is 0.349. The van der Waals surface area contributed by atoms with Crippen molar-refractivity contribution in [2.75, 3.05) is 0 Å². The number of carboxylic acid groups (broad SMARTS) is 1. The van der Waals surface area contributed by atoms with Gasteiger partial charge in [0.05, 0.1) is 11.0 Å². The van der Waals surface area contributed by atoms with E-state index in [-0.39, 0.29) is 39.4 Å². The van der Waals surface area contributed by atoms with Gasteiger partial charge in [0.25, 0.3) is 0 Å². The summed E-state index contributed by atoms with van der Waals surface area (Å²) in [5.41, 5.74) is -1.18. The molecule has 5 heteroatoms. The molecule has 0 aromatic heterocycles. The Labute approximate surface area is 216 Å². The van der Waals surface area contributed by atoms with E-state index in [1.807, 2.05) is 19.9 Å². The minimum Gasteiger partial charge on any atom is -0.481 e. The summed E-state index contributed by atoms with van der Waals surface area (Å²) in [6.45, 7) is 15.1. The number of nitrogens with zero attached hydrogens (tertiary/aromatic N) is 1. The molecule has 0 aromatic rings. The van der Waals surface area contributed by atoms with E-state index in [1.165, 1.54) is 0 Å². The van der Waals surface area contributed by atoms with Gasteiger partial charge in [-0.2, -0.15) is 5.26 Å². The summed E-state index contributed by atoms with van der Waals surface area (Å²) in [7, 11) is 0. The fraction of sp³-hybridized carbons (Fsp3) is 0.742. The van der Waals surface area contributed by atoms with Gasteiger partial charge in [0, 0.05) is 10.8 Å². The fourth-order valence-electron chi connectivity index (χ4n) is 9.31. The van der Waals surface area contributed by atoms with Gasteiger partial charge in [-0.25, -0.2) is 0 Å². The first-order valence-corrected chi connectivity index (χ1v) is 13.6. The Balaban J connectivity index is 1.83. The predicted molar refractivity (Wildman–Crippen MR) is 139 cm³/mol. The Bertz CT molecular complexity index is 1110. The van der Waals surface area contributed by atoms with E-state index in [9.17, 15) is 24.8 Å². The third-order valence-electron chi connectivity index (χ3n) is 11.7. The zero-order valence-electron chi connectivity index (χ0n) is 23.2. The molecule has 0 bridgehead atoms. The maximum Gasteiger partial charge on any atom is 0.309 e. The summed E-state index contributed by atoms with van der Waals surface area (Å²) in [4.78, 5) is 37.9. The molecule has 4 rings (SSSR count). The third-order valence-corrected chi connectivity index (χ3v) is 11.7. The second kappa shape index (κ2) is 8.14. The van der Waals surface area contributed by atoms with E-state index in [0.29, 0.717) is 6.42 Å². The summed E-state index contributed by atoms with van der Waals surface area (Å²) in [5.74, 6) is -0.676. The highest BCUT2D eigenvalue weighted by Crippen LogP contribution is 2.71. The largest absolute Gasteiger partial charge is 0.481 e. The molecule has 3 fully saturated rings. The molecule has 1 N–H and O–H groups in total. The number of ketones is 1. The molecule has 0 saturated heterocycles. The summed E-state index contributed by atoms with van der Waals surface area (Å²) >= 11 is 0. The lowest BCUT2D eigenvalue weighted by Gasteiger charge is -2.64. The molecule has 196 valence electrons. The first-order chi connectivity index (χ1) is 16.5. The molecule has 5 nitrogen and oxygen atoms in total. The zero-order valence-corrected chi connectivity index (χ0v) is 23.2. The van der Waals surface area contributed by atoms with E-state index in [0.717, 1.165) is 56.8 Å². The lowest BCUT2D eigenvalue weighted by Crippen LogP contribution is -2.59. The van der Waals surface area contributed by atoms with Crippen molar-refractivity contribution in [1.82, 2.24) is 0 Å². The Morgan fingerprint density at radius 3 is 2.25 bits per heavy atom. The first kappa shape index (κ1) is 26.8. The van der Waals surface area contributed by atoms with Crippen LogP contribution in [0.25, 0.3) is 0 Å². The predicted octanol–water partition coefficient (Wildman–Crippen LogP) is 6.68. The normalized spacial score (nSPS) is 44.6. The van der Waals surface area contributed by atoms with Crippen LogP contribution in [0.1, 0.15) is 99.8 Å². The van der Waals surface area contributed by atoms with Crippen LogP contribution in [0, 0.1) is 55.7 Å². The van der Waals surface area contributed by atoms with Gasteiger partial charge < -0.3 is 5.11 Å². The molecular weight excluding hydrogens is 450 g/mol. The molecule has 6 atom stereocenters. The van der Waals surface area contributed by atoms with Crippen molar-refractivity contribution in [2.45, 2.75) is 99.8 Å². The van der Waals surface area contributed by atoms with Crippen LogP contribution in [-0.2, 0) is 14.4 Å². The van der Waals surface area contributed by atoms with Gasteiger partial charge in [0.2, 0.25) is 0 Å². The number of hydrogen-bond donors (Lipinski definition) is 1.